The third-order valence-corrected chi connectivity index (χ3v) is 12.5. The van der Waals surface area contributed by atoms with Crippen LogP contribution in [0.4, 0.5) is 0 Å². The average Bonchev–Trinajstić information content (AvgIpc) is 3.94. The number of hydrogen-bond acceptors (Lipinski definition) is 5. The van der Waals surface area contributed by atoms with Gasteiger partial charge in [-0.3, -0.25) is 0 Å². The molecule has 4 aromatic heterocycles. The van der Waals surface area contributed by atoms with Crippen molar-refractivity contribution in [3.8, 4) is 67.4 Å². The number of rotatable bonds is 6. The van der Waals surface area contributed by atoms with E-state index in [4.69, 9.17) is 23.8 Å². The number of pyridine rings is 1. The summed E-state index contributed by atoms with van der Waals surface area (Å²) in [6.07, 6.45) is 0. The van der Waals surface area contributed by atoms with Gasteiger partial charge in [-0.15, -0.1) is 0 Å². The highest BCUT2D eigenvalue weighted by Gasteiger charge is 2.22. The van der Waals surface area contributed by atoms with Crippen LogP contribution in [0.5, 0.6) is 0 Å². The SMILES string of the molecule is c1ccc(-c2nc(-c3ccc(-c4cccc5c4oc4ccccc45)cc3)cc(-c3cccc(-c4c5c(cc6c(-c7ccccc7)nc7ccccc7c46)oc4ccccc45)c3)n2)cc1. The lowest BCUT2D eigenvalue weighted by Crippen LogP contribution is -1.96. The third-order valence-electron chi connectivity index (χ3n) is 12.5. The molecule has 0 unspecified atom stereocenters. The first kappa shape index (κ1) is 36.0. The average molecular weight is 818 g/mol. The third kappa shape index (κ3) is 5.83. The van der Waals surface area contributed by atoms with Crippen molar-refractivity contribution in [2.24, 2.45) is 0 Å². The molecule has 4 heterocycles. The number of nitrogens with zero attached hydrogens (tertiary/aromatic N) is 3. The van der Waals surface area contributed by atoms with Gasteiger partial charge in [0.2, 0.25) is 0 Å². The predicted octanol–water partition coefficient (Wildman–Crippen LogP) is 16.0. The summed E-state index contributed by atoms with van der Waals surface area (Å²) in [5.74, 6) is 0.660. The minimum Gasteiger partial charge on any atom is -0.456 e. The number of benzene rings is 9. The molecule has 0 amide bonds. The van der Waals surface area contributed by atoms with E-state index in [2.05, 4.69) is 164 Å². The Kier molecular flexibility index (Phi) is 8.15. The van der Waals surface area contributed by atoms with Gasteiger partial charge >= 0.3 is 0 Å². The van der Waals surface area contributed by atoms with Gasteiger partial charge in [0.1, 0.15) is 22.3 Å². The molecular formula is C59H35N3O2. The van der Waals surface area contributed by atoms with Crippen molar-refractivity contribution in [1.82, 2.24) is 15.0 Å². The summed E-state index contributed by atoms with van der Waals surface area (Å²) < 4.78 is 13.1. The van der Waals surface area contributed by atoms with Crippen LogP contribution in [0.15, 0.2) is 221 Å². The van der Waals surface area contributed by atoms with Gasteiger partial charge in [-0.25, -0.2) is 15.0 Å². The van der Waals surface area contributed by atoms with Crippen molar-refractivity contribution in [3.63, 3.8) is 0 Å². The summed E-state index contributed by atoms with van der Waals surface area (Å²) in [4.78, 5) is 15.8. The van der Waals surface area contributed by atoms with Gasteiger partial charge in [-0.05, 0) is 47.5 Å². The molecule has 298 valence electrons. The van der Waals surface area contributed by atoms with Gasteiger partial charge in [0, 0.05) is 71.1 Å². The molecule has 0 aliphatic carbocycles. The Morgan fingerprint density at radius 2 is 0.906 bits per heavy atom. The molecule has 0 radical (unpaired) electrons. The zero-order chi connectivity index (χ0) is 42.1. The lowest BCUT2D eigenvalue weighted by Gasteiger charge is -2.16. The standard InChI is InChI=1S/C59H35N3O2/c1-3-15-38(16-4-1)57-47-34-53-56(46-23-9-12-28-52(46)63-53)54(55(47)45-22-7-10-26-48(45)60-57)41-20-13-19-40(33-41)50-35-49(61-59(62-50)39-17-5-2-6-18-39)37-31-29-36(30-32-37)42-24-14-25-44-43-21-8-11-27-51(43)64-58(42)44/h1-35H. The number of furan rings is 2. The first-order chi connectivity index (χ1) is 31.7. The maximum absolute atomic E-state index is 6.69. The minimum absolute atomic E-state index is 0.660. The molecule has 64 heavy (non-hydrogen) atoms. The molecule has 0 bridgehead atoms. The second-order valence-electron chi connectivity index (χ2n) is 16.3. The smallest absolute Gasteiger partial charge is 0.160 e. The highest BCUT2D eigenvalue weighted by Crippen LogP contribution is 2.47. The van der Waals surface area contributed by atoms with E-state index in [1.807, 2.05) is 48.5 Å². The van der Waals surface area contributed by atoms with E-state index in [1.165, 1.54) is 0 Å². The zero-order valence-electron chi connectivity index (χ0n) is 34.4. The van der Waals surface area contributed by atoms with Gasteiger partial charge in [0.05, 0.1) is 22.6 Å². The molecule has 13 rings (SSSR count). The number of para-hydroxylation sites is 4. The lowest BCUT2D eigenvalue weighted by atomic mass is 9.89. The van der Waals surface area contributed by atoms with Crippen LogP contribution in [-0.2, 0) is 0 Å². The fourth-order valence-electron chi connectivity index (χ4n) is 9.51. The van der Waals surface area contributed by atoms with Crippen LogP contribution in [0.3, 0.4) is 0 Å². The fourth-order valence-corrected chi connectivity index (χ4v) is 9.51. The summed E-state index contributed by atoms with van der Waals surface area (Å²) >= 11 is 0. The first-order valence-electron chi connectivity index (χ1n) is 21.5. The van der Waals surface area contributed by atoms with Crippen molar-refractivity contribution in [2.75, 3.05) is 0 Å². The second kappa shape index (κ2) is 14.5. The second-order valence-corrected chi connectivity index (χ2v) is 16.3. The summed E-state index contributed by atoms with van der Waals surface area (Å²) in [5.41, 5.74) is 15.2. The molecule has 0 fully saturated rings. The molecule has 0 spiro atoms. The Balaban J connectivity index is 1.01. The number of hydrogen-bond donors (Lipinski definition) is 0. The number of fused-ring (bicyclic) bond motifs is 9. The molecule has 0 N–H and O–H groups in total. The predicted molar refractivity (Wildman–Crippen MR) is 262 cm³/mol. The molecule has 0 atom stereocenters. The van der Waals surface area contributed by atoms with Gasteiger partial charge in [-0.2, -0.15) is 0 Å². The van der Waals surface area contributed by atoms with Crippen molar-refractivity contribution >= 4 is 65.6 Å². The van der Waals surface area contributed by atoms with Crippen LogP contribution in [-0.4, -0.2) is 15.0 Å². The van der Waals surface area contributed by atoms with E-state index < -0.39 is 0 Å². The van der Waals surface area contributed by atoms with E-state index >= 15 is 0 Å². The van der Waals surface area contributed by atoms with Crippen LogP contribution in [0.1, 0.15) is 0 Å². The summed E-state index contributed by atoms with van der Waals surface area (Å²) in [6.45, 7) is 0. The van der Waals surface area contributed by atoms with Gasteiger partial charge in [0.15, 0.2) is 5.82 Å². The van der Waals surface area contributed by atoms with Crippen LogP contribution >= 0.6 is 0 Å². The van der Waals surface area contributed by atoms with Crippen molar-refractivity contribution in [3.05, 3.63) is 212 Å². The van der Waals surface area contributed by atoms with Gasteiger partial charge < -0.3 is 8.83 Å². The molecule has 5 nitrogen and oxygen atoms in total. The quantitative estimate of drug-likeness (QED) is 0.156. The highest BCUT2D eigenvalue weighted by atomic mass is 16.3. The molecule has 5 heteroatoms. The molecule has 0 saturated carbocycles. The lowest BCUT2D eigenvalue weighted by molar-refractivity contribution is 0.669. The van der Waals surface area contributed by atoms with Crippen LogP contribution < -0.4 is 0 Å². The molecular weight excluding hydrogens is 783 g/mol. The zero-order valence-corrected chi connectivity index (χ0v) is 34.4. The maximum Gasteiger partial charge on any atom is 0.160 e. The summed E-state index contributed by atoms with van der Waals surface area (Å²) in [5, 5.41) is 7.62. The van der Waals surface area contributed by atoms with Gasteiger partial charge in [-0.1, -0.05) is 176 Å². The van der Waals surface area contributed by atoms with Gasteiger partial charge in [0.25, 0.3) is 0 Å². The molecule has 13 aromatic rings. The van der Waals surface area contributed by atoms with Crippen molar-refractivity contribution in [2.45, 2.75) is 0 Å². The van der Waals surface area contributed by atoms with E-state index in [1.54, 1.807) is 0 Å². The maximum atomic E-state index is 6.69. The Bertz CT molecular complexity index is 3950. The van der Waals surface area contributed by atoms with Crippen LogP contribution in [0.2, 0.25) is 0 Å². The van der Waals surface area contributed by atoms with E-state index in [0.717, 1.165) is 127 Å². The first-order valence-corrected chi connectivity index (χ1v) is 21.5. The monoisotopic (exact) mass is 817 g/mol. The summed E-state index contributed by atoms with van der Waals surface area (Å²) in [7, 11) is 0. The van der Waals surface area contributed by atoms with E-state index in [9.17, 15) is 0 Å². The van der Waals surface area contributed by atoms with E-state index in [-0.39, 0.29) is 0 Å². The Labute approximate surface area is 367 Å². The Morgan fingerprint density at radius 3 is 1.70 bits per heavy atom. The molecule has 0 aliphatic heterocycles. The van der Waals surface area contributed by atoms with E-state index in [0.29, 0.717) is 5.82 Å². The van der Waals surface area contributed by atoms with Crippen molar-refractivity contribution < 1.29 is 8.83 Å². The summed E-state index contributed by atoms with van der Waals surface area (Å²) in [6, 6.07) is 73.7. The topological polar surface area (TPSA) is 65.0 Å². The molecule has 0 saturated heterocycles. The number of aromatic nitrogens is 3. The largest absolute Gasteiger partial charge is 0.456 e. The Hall–Kier alpha value is -8.67. The fraction of sp³-hybridized carbons (Fsp3) is 0. The normalized spacial score (nSPS) is 11.8. The van der Waals surface area contributed by atoms with Crippen LogP contribution in [0.25, 0.3) is 133 Å². The highest BCUT2D eigenvalue weighted by molar-refractivity contribution is 6.28. The van der Waals surface area contributed by atoms with Crippen molar-refractivity contribution in [1.29, 1.82) is 0 Å². The van der Waals surface area contributed by atoms with Crippen LogP contribution in [0, 0.1) is 0 Å². The minimum atomic E-state index is 0.660. The molecule has 0 aliphatic rings. The Morgan fingerprint density at radius 1 is 0.312 bits per heavy atom. The molecule has 9 aromatic carbocycles.